The van der Waals surface area contributed by atoms with E-state index in [1.807, 2.05) is 20.2 Å². The molecule has 0 spiro atoms. The van der Waals surface area contributed by atoms with E-state index in [0.717, 1.165) is 47.1 Å². The van der Waals surface area contributed by atoms with Gasteiger partial charge in [0.05, 0.1) is 19.9 Å². The van der Waals surface area contributed by atoms with E-state index in [-0.39, 0.29) is 11.0 Å². The first-order chi connectivity index (χ1) is 15.3. The number of rotatable bonds is 6. The lowest BCUT2D eigenvalue weighted by molar-refractivity contribution is -0.144. The van der Waals surface area contributed by atoms with Gasteiger partial charge in [0.1, 0.15) is 0 Å². The van der Waals surface area contributed by atoms with Gasteiger partial charge in [0.25, 0.3) is 0 Å². The fourth-order valence-corrected chi connectivity index (χ4v) is 8.02. The van der Waals surface area contributed by atoms with E-state index < -0.39 is 11.9 Å². The van der Waals surface area contributed by atoms with Crippen LogP contribution in [0.15, 0.2) is 46.1 Å². The van der Waals surface area contributed by atoms with Crippen LogP contribution in [0.2, 0.25) is 0 Å². The minimum atomic E-state index is -0.699. The molecule has 1 aromatic rings. The van der Waals surface area contributed by atoms with Crippen molar-refractivity contribution >= 4 is 33.4 Å². The van der Waals surface area contributed by atoms with Gasteiger partial charge in [-0.05, 0) is 88.8 Å². The Hall–Kier alpha value is -2.08. The van der Waals surface area contributed by atoms with Crippen molar-refractivity contribution < 1.29 is 19.1 Å². The molecular weight excluding hydrogens is 470 g/mol. The summed E-state index contributed by atoms with van der Waals surface area (Å²) in [5.74, 6) is 0.874. The average molecular weight is 502 g/mol. The van der Waals surface area contributed by atoms with E-state index in [0.29, 0.717) is 5.70 Å². The second kappa shape index (κ2) is 9.05. The highest BCUT2D eigenvalue weighted by molar-refractivity contribution is 9.12. The number of benzene rings is 1. The van der Waals surface area contributed by atoms with Crippen molar-refractivity contribution in [3.8, 4) is 0 Å². The van der Waals surface area contributed by atoms with Gasteiger partial charge in [0.2, 0.25) is 0 Å². The normalized spacial score (nSPS) is 28.6. The smallest absolute Gasteiger partial charge is 0.347 e. The van der Waals surface area contributed by atoms with E-state index in [2.05, 4.69) is 40.2 Å². The molecule has 0 radical (unpaired) electrons. The van der Waals surface area contributed by atoms with Crippen LogP contribution in [-0.2, 0) is 19.1 Å². The van der Waals surface area contributed by atoms with Gasteiger partial charge in [-0.2, -0.15) is 0 Å². The van der Waals surface area contributed by atoms with E-state index in [1.54, 1.807) is 4.90 Å². The minimum absolute atomic E-state index is 0.0353. The molecule has 4 aliphatic rings. The summed E-state index contributed by atoms with van der Waals surface area (Å²) >= 11 is 3.90. The molecule has 4 bridgehead atoms. The fraction of sp³-hybridized carbons (Fsp3) is 0.538. The summed E-state index contributed by atoms with van der Waals surface area (Å²) in [6.45, 7) is 0. The first kappa shape index (κ1) is 23.1. The predicted molar refractivity (Wildman–Crippen MR) is 128 cm³/mol. The molecule has 0 atom stereocenters. The molecule has 1 aromatic carbocycles. The molecule has 0 heterocycles. The van der Waals surface area contributed by atoms with Gasteiger partial charge in [0.15, 0.2) is 5.57 Å². The molecular formula is C26H32BrNO4. The standard InChI is InChI=1S/C26H32BrNO4/c1-28(2)23(20(24(29)31-3)25(30)32-4)22(27)21(19-8-6-5-7-9-19)26-13-16-10-17(14-26)12-18(11-16)15-26/h5-9,16-18H,10-15H2,1-4H3/b22-21+. The van der Waals surface area contributed by atoms with Gasteiger partial charge in [-0.15, -0.1) is 0 Å². The zero-order valence-electron chi connectivity index (χ0n) is 19.3. The van der Waals surface area contributed by atoms with Crippen molar-refractivity contribution in [1.82, 2.24) is 4.90 Å². The zero-order valence-corrected chi connectivity index (χ0v) is 20.9. The third-order valence-electron chi connectivity index (χ3n) is 7.52. The molecule has 4 fully saturated rings. The van der Waals surface area contributed by atoms with Crippen LogP contribution in [0.5, 0.6) is 0 Å². The molecule has 5 rings (SSSR count). The van der Waals surface area contributed by atoms with Crippen molar-refractivity contribution in [3.63, 3.8) is 0 Å². The summed E-state index contributed by atoms with van der Waals surface area (Å²) in [7, 11) is 6.25. The molecule has 0 aliphatic heterocycles. The molecule has 6 heteroatoms. The number of hydrogen-bond acceptors (Lipinski definition) is 5. The number of nitrogens with zero attached hydrogens (tertiary/aromatic N) is 1. The van der Waals surface area contributed by atoms with Crippen LogP contribution < -0.4 is 0 Å². The lowest BCUT2D eigenvalue weighted by Gasteiger charge is -2.58. The molecule has 0 aromatic heterocycles. The Kier molecular flexibility index (Phi) is 6.53. The highest BCUT2D eigenvalue weighted by Crippen LogP contribution is 2.65. The first-order valence-electron chi connectivity index (χ1n) is 11.3. The van der Waals surface area contributed by atoms with Gasteiger partial charge in [-0.1, -0.05) is 30.3 Å². The molecule has 0 saturated heterocycles. The first-order valence-corrected chi connectivity index (χ1v) is 12.1. The van der Waals surface area contributed by atoms with Crippen LogP contribution in [0.3, 0.4) is 0 Å². The number of likely N-dealkylation sites (N-methyl/N-ethyl adjacent to an activating group) is 1. The number of methoxy groups -OCH3 is 2. The number of esters is 2. The monoisotopic (exact) mass is 501 g/mol. The van der Waals surface area contributed by atoms with Gasteiger partial charge in [-0.25, -0.2) is 9.59 Å². The Morgan fingerprint density at radius 3 is 1.78 bits per heavy atom. The molecule has 4 saturated carbocycles. The minimum Gasteiger partial charge on any atom is -0.465 e. The summed E-state index contributed by atoms with van der Waals surface area (Å²) in [6.07, 6.45) is 7.49. The van der Waals surface area contributed by atoms with Gasteiger partial charge in [-0.3, -0.25) is 0 Å². The third-order valence-corrected chi connectivity index (χ3v) is 8.29. The quantitative estimate of drug-likeness (QED) is 0.177. The Balaban J connectivity index is 1.99. The van der Waals surface area contributed by atoms with Crippen molar-refractivity contribution in [1.29, 1.82) is 0 Å². The Bertz CT molecular complexity index is 910. The van der Waals surface area contributed by atoms with Gasteiger partial charge in [0, 0.05) is 18.6 Å². The highest BCUT2D eigenvalue weighted by atomic mass is 79.9. The number of allylic oxidation sites excluding steroid dienone is 2. The van der Waals surface area contributed by atoms with Crippen molar-refractivity contribution in [2.75, 3.05) is 28.3 Å². The number of hydrogen-bond donors (Lipinski definition) is 0. The van der Waals surface area contributed by atoms with E-state index in [1.165, 1.54) is 39.1 Å². The van der Waals surface area contributed by atoms with Gasteiger partial charge < -0.3 is 14.4 Å². The second-order valence-corrected chi connectivity index (χ2v) is 10.6. The molecule has 4 aliphatic carbocycles. The number of carbonyl (C=O) groups is 2. The van der Waals surface area contributed by atoms with Crippen molar-refractivity contribution in [2.45, 2.75) is 38.5 Å². The predicted octanol–water partition coefficient (Wildman–Crippen LogP) is 5.17. The van der Waals surface area contributed by atoms with E-state index in [4.69, 9.17) is 9.47 Å². The lowest BCUT2D eigenvalue weighted by Crippen LogP contribution is -2.46. The van der Waals surface area contributed by atoms with Crippen LogP contribution in [-0.4, -0.2) is 45.2 Å². The highest BCUT2D eigenvalue weighted by Gasteiger charge is 2.53. The maximum Gasteiger partial charge on any atom is 0.347 e. The maximum absolute atomic E-state index is 12.7. The number of carbonyl (C=O) groups excluding carboxylic acids is 2. The third kappa shape index (κ3) is 4.02. The molecule has 172 valence electrons. The molecule has 0 amide bonds. The second-order valence-electron chi connectivity index (χ2n) is 9.85. The van der Waals surface area contributed by atoms with Crippen molar-refractivity contribution in [3.05, 3.63) is 51.6 Å². The molecule has 32 heavy (non-hydrogen) atoms. The topological polar surface area (TPSA) is 55.8 Å². The van der Waals surface area contributed by atoms with E-state index in [9.17, 15) is 9.59 Å². The van der Waals surface area contributed by atoms with Crippen LogP contribution in [0.1, 0.15) is 44.1 Å². The zero-order chi connectivity index (χ0) is 23.0. The molecule has 5 nitrogen and oxygen atoms in total. The van der Waals surface area contributed by atoms with E-state index >= 15 is 0 Å². The fourth-order valence-electron chi connectivity index (χ4n) is 6.82. The lowest BCUT2D eigenvalue weighted by atomic mass is 9.47. The average Bonchev–Trinajstić information content (AvgIpc) is 2.75. The van der Waals surface area contributed by atoms with Gasteiger partial charge >= 0.3 is 11.9 Å². The Labute approximate surface area is 199 Å². The number of halogens is 1. The summed E-state index contributed by atoms with van der Waals surface area (Å²) in [5.41, 5.74) is 2.78. The van der Waals surface area contributed by atoms with Crippen molar-refractivity contribution in [2.24, 2.45) is 23.2 Å². The summed E-state index contributed by atoms with van der Waals surface area (Å²) in [5, 5.41) is 0. The Morgan fingerprint density at radius 2 is 1.38 bits per heavy atom. The molecule has 0 N–H and O–H groups in total. The number of ether oxygens (including phenoxy) is 2. The maximum atomic E-state index is 12.7. The Morgan fingerprint density at radius 1 is 0.906 bits per heavy atom. The largest absolute Gasteiger partial charge is 0.465 e. The summed E-state index contributed by atoms with van der Waals surface area (Å²) in [4.78, 5) is 27.2. The van der Waals surface area contributed by atoms with Crippen LogP contribution >= 0.6 is 15.9 Å². The van der Waals surface area contributed by atoms with Crippen LogP contribution in [0, 0.1) is 23.2 Å². The summed E-state index contributed by atoms with van der Waals surface area (Å²) < 4.78 is 10.7. The SMILES string of the molecule is COC(=O)C(C(=O)OC)=C(/C(Br)=C(/c1ccccc1)C12CC3CC(CC(C3)C1)C2)N(C)C. The van der Waals surface area contributed by atoms with Crippen LogP contribution in [0.4, 0.5) is 0 Å². The molecule has 0 unspecified atom stereocenters. The summed E-state index contributed by atoms with van der Waals surface area (Å²) in [6, 6.07) is 10.4. The van der Waals surface area contributed by atoms with Crippen LogP contribution in [0.25, 0.3) is 5.57 Å².